The summed E-state index contributed by atoms with van der Waals surface area (Å²) in [7, 11) is 0. The van der Waals surface area contributed by atoms with Gasteiger partial charge in [-0.2, -0.15) is 4.68 Å². The highest BCUT2D eigenvalue weighted by Gasteiger charge is 2.24. The van der Waals surface area contributed by atoms with Gasteiger partial charge in [-0.3, -0.25) is 9.59 Å². The number of carbonyl (C=O) groups excluding carboxylic acids is 2. The molecule has 0 aliphatic heterocycles. The number of halogens is 1. The van der Waals surface area contributed by atoms with Crippen LogP contribution in [0.1, 0.15) is 37.7 Å². The number of carbonyl (C=O) groups is 2. The van der Waals surface area contributed by atoms with Crippen molar-refractivity contribution in [1.82, 2.24) is 25.5 Å². The van der Waals surface area contributed by atoms with E-state index in [1.807, 2.05) is 19.9 Å². The van der Waals surface area contributed by atoms with Gasteiger partial charge < -0.3 is 10.6 Å². The summed E-state index contributed by atoms with van der Waals surface area (Å²) in [4.78, 5) is 25.3. The van der Waals surface area contributed by atoms with Gasteiger partial charge in [-0.05, 0) is 47.0 Å². The van der Waals surface area contributed by atoms with Crippen LogP contribution in [-0.4, -0.2) is 32.0 Å². The minimum atomic E-state index is -0.963. The molecule has 0 saturated heterocycles. The molecule has 0 bridgehead atoms. The second kappa shape index (κ2) is 9.25. The number of hydrogen-bond donors (Lipinski definition) is 2. The van der Waals surface area contributed by atoms with Crippen LogP contribution < -0.4 is 10.6 Å². The molecule has 0 aliphatic carbocycles. The first kappa shape index (κ1) is 21.1. The van der Waals surface area contributed by atoms with Crippen LogP contribution in [0.2, 0.25) is 0 Å². The highest BCUT2D eigenvalue weighted by molar-refractivity contribution is 5.98. The number of nitrogens with one attached hydrogen (secondary N) is 2. The number of anilines is 1. The zero-order chi connectivity index (χ0) is 21.7. The minimum absolute atomic E-state index is 0.0357. The lowest BCUT2D eigenvalue weighted by Gasteiger charge is -2.20. The lowest BCUT2D eigenvalue weighted by molar-refractivity contribution is -0.127. The maximum atomic E-state index is 14.4. The number of nitrogens with zero attached hydrogens (tertiary/aromatic N) is 4. The SMILES string of the molecule is Cc1nnnn1-c1ccc(F)c(NC(=O)C(NC(=O)CC(C)C)c2ccccc2)c1. The van der Waals surface area contributed by atoms with Crippen molar-refractivity contribution < 1.29 is 14.0 Å². The Kier molecular flexibility index (Phi) is 6.51. The largest absolute Gasteiger partial charge is 0.341 e. The maximum absolute atomic E-state index is 14.4. The molecular formula is C21H23FN6O2. The third-order valence-corrected chi connectivity index (χ3v) is 4.37. The molecule has 2 amide bonds. The predicted molar refractivity (Wildman–Crippen MR) is 109 cm³/mol. The molecule has 0 saturated carbocycles. The summed E-state index contributed by atoms with van der Waals surface area (Å²) in [6, 6.07) is 12.0. The Bertz CT molecular complexity index is 1030. The van der Waals surface area contributed by atoms with E-state index in [9.17, 15) is 14.0 Å². The highest BCUT2D eigenvalue weighted by atomic mass is 19.1. The molecule has 0 fully saturated rings. The van der Waals surface area contributed by atoms with E-state index in [0.717, 1.165) is 0 Å². The summed E-state index contributed by atoms with van der Waals surface area (Å²) in [5.41, 5.74) is 1.06. The van der Waals surface area contributed by atoms with Gasteiger partial charge in [-0.1, -0.05) is 44.2 Å². The molecule has 1 unspecified atom stereocenters. The Balaban J connectivity index is 1.87. The molecule has 2 aromatic carbocycles. The Hall–Kier alpha value is -3.62. The fourth-order valence-corrected chi connectivity index (χ4v) is 2.95. The number of aryl methyl sites for hydroxylation is 1. The van der Waals surface area contributed by atoms with Crippen molar-refractivity contribution in [1.29, 1.82) is 0 Å². The third-order valence-electron chi connectivity index (χ3n) is 4.37. The molecule has 9 heteroatoms. The number of aromatic nitrogens is 4. The zero-order valence-corrected chi connectivity index (χ0v) is 17.0. The van der Waals surface area contributed by atoms with E-state index in [4.69, 9.17) is 0 Å². The Morgan fingerprint density at radius 3 is 2.50 bits per heavy atom. The zero-order valence-electron chi connectivity index (χ0n) is 17.0. The summed E-state index contributed by atoms with van der Waals surface area (Å²) in [5.74, 6) is -0.770. The van der Waals surface area contributed by atoms with Gasteiger partial charge >= 0.3 is 0 Å². The van der Waals surface area contributed by atoms with E-state index in [0.29, 0.717) is 17.1 Å². The molecule has 0 radical (unpaired) electrons. The topological polar surface area (TPSA) is 102 Å². The number of hydrogen-bond acceptors (Lipinski definition) is 5. The monoisotopic (exact) mass is 410 g/mol. The van der Waals surface area contributed by atoms with Gasteiger partial charge in [-0.25, -0.2) is 4.39 Å². The third kappa shape index (κ3) is 5.05. The maximum Gasteiger partial charge on any atom is 0.251 e. The molecule has 0 aliphatic rings. The van der Waals surface area contributed by atoms with Crippen molar-refractivity contribution in [2.75, 3.05) is 5.32 Å². The average molecular weight is 410 g/mol. The summed E-state index contributed by atoms with van der Waals surface area (Å²) in [6.07, 6.45) is 0.277. The molecule has 3 aromatic rings. The lowest BCUT2D eigenvalue weighted by Crippen LogP contribution is -2.37. The van der Waals surface area contributed by atoms with Crippen molar-refractivity contribution in [3.63, 3.8) is 0 Å². The number of benzene rings is 2. The van der Waals surface area contributed by atoms with Gasteiger partial charge in [0.2, 0.25) is 5.91 Å². The Labute approximate surface area is 173 Å². The fourth-order valence-electron chi connectivity index (χ4n) is 2.95. The lowest BCUT2D eigenvalue weighted by atomic mass is 10.0. The van der Waals surface area contributed by atoms with E-state index < -0.39 is 17.8 Å². The fraction of sp³-hybridized carbons (Fsp3) is 0.286. The number of tetrazole rings is 1. The Morgan fingerprint density at radius 1 is 1.13 bits per heavy atom. The van der Waals surface area contributed by atoms with Crippen LogP contribution >= 0.6 is 0 Å². The summed E-state index contributed by atoms with van der Waals surface area (Å²) < 4.78 is 15.8. The van der Waals surface area contributed by atoms with E-state index in [1.165, 1.54) is 22.9 Å². The normalized spacial score (nSPS) is 11.9. The first-order chi connectivity index (χ1) is 14.3. The molecule has 8 nitrogen and oxygen atoms in total. The summed E-state index contributed by atoms with van der Waals surface area (Å²) in [6.45, 7) is 5.54. The molecule has 3 rings (SSSR count). The smallest absolute Gasteiger partial charge is 0.251 e. The highest BCUT2D eigenvalue weighted by Crippen LogP contribution is 2.22. The quantitative estimate of drug-likeness (QED) is 0.624. The van der Waals surface area contributed by atoms with Crippen LogP contribution in [0.15, 0.2) is 48.5 Å². The Morgan fingerprint density at radius 2 is 1.87 bits per heavy atom. The van der Waals surface area contributed by atoms with Crippen LogP contribution in [0, 0.1) is 18.7 Å². The van der Waals surface area contributed by atoms with Gasteiger partial charge in [0, 0.05) is 6.42 Å². The van der Waals surface area contributed by atoms with Crippen molar-refractivity contribution >= 4 is 17.5 Å². The van der Waals surface area contributed by atoms with E-state index in [2.05, 4.69) is 26.2 Å². The first-order valence-electron chi connectivity index (χ1n) is 9.55. The van der Waals surface area contributed by atoms with E-state index in [-0.39, 0.29) is 23.9 Å². The molecule has 0 spiro atoms. The van der Waals surface area contributed by atoms with Gasteiger partial charge in [0.15, 0.2) is 5.82 Å². The van der Waals surface area contributed by atoms with Crippen molar-refractivity contribution in [2.24, 2.45) is 5.92 Å². The predicted octanol–water partition coefficient (Wildman–Crippen LogP) is 2.95. The summed E-state index contributed by atoms with van der Waals surface area (Å²) in [5, 5.41) is 16.5. The van der Waals surface area contributed by atoms with Crippen LogP contribution in [0.5, 0.6) is 0 Å². The van der Waals surface area contributed by atoms with Gasteiger partial charge in [-0.15, -0.1) is 5.10 Å². The molecule has 1 aromatic heterocycles. The molecule has 30 heavy (non-hydrogen) atoms. The molecule has 2 N–H and O–H groups in total. The van der Waals surface area contributed by atoms with Crippen LogP contribution in [-0.2, 0) is 9.59 Å². The van der Waals surface area contributed by atoms with Crippen molar-refractivity contribution in [3.05, 3.63) is 65.7 Å². The van der Waals surface area contributed by atoms with E-state index in [1.54, 1.807) is 31.2 Å². The van der Waals surface area contributed by atoms with Gasteiger partial charge in [0.1, 0.15) is 11.9 Å². The van der Waals surface area contributed by atoms with Gasteiger partial charge in [0.25, 0.3) is 5.91 Å². The standard InChI is InChI=1S/C21H23FN6O2/c1-13(2)11-19(29)24-20(15-7-5-4-6-8-15)21(30)23-18-12-16(9-10-17(18)22)28-14(3)25-26-27-28/h4-10,12-13,20H,11H2,1-3H3,(H,23,30)(H,24,29). The number of rotatable bonds is 7. The first-order valence-corrected chi connectivity index (χ1v) is 9.55. The second-order valence-corrected chi connectivity index (χ2v) is 7.30. The van der Waals surface area contributed by atoms with Crippen molar-refractivity contribution in [2.45, 2.75) is 33.2 Å². The van der Waals surface area contributed by atoms with Gasteiger partial charge in [0.05, 0.1) is 11.4 Å². The van der Waals surface area contributed by atoms with Crippen LogP contribution in [0.3, 0.4) is 0 Å². The molecule has 156 valence electrons. The second-order valence-electron chi connectivity index (χ2n) is 7.30. The van der Waals surface area contributed by atoms with Crippen LogP contribution in [0.25, 0.3) is 5.69 Å². The minimum Gasteiger partial charge on any atom is -0.341 e. The number of amides is 2. The average Bonchev–Trinajstić information content (AvgIpc) is 3.14. The molecule has 1 atom stereocenters. The van der Waals surface area contributed by atoms with Crippen LogP contribution in [0.4, 0.5) is 10.1 Å². The summed E-state index contributed by atoms with van der Waals surface area (Å²) >= 11 is 0. The molecular weight excluding hydrogens is 387 g/mol. The van der Waals surface area contributed by atoms with Crippen molar-refractivity contribution in [3.8, 4) is 5.69 Å². The van der Waals surface area contributed by atoms with E-state index >= 15 is 0 Å². The molecule has 1 heterocycles.